The fraction of sp³-hybridized carbons (Fsp3) is 0. The molecule has 0 bridgehead atoms. The smallest absolute Gasteiger partial charge is 0.384 e. The lowest BCUT2D eigenvalue weighted by Crippen LogP contribution is -2.17. The topological polar surface area (TPSA) is 108 Å². The van der Waals surface area contributed by atoms with E-state index in [4.69, 9.17) is 0 Å². The molecule has 0 aromatic carbocycles. The van der Waals surface area contributed by atoms with E-state index in [9.17, 15) is 14.9 Å². The summed E-state index contributed by atoms with van der Waals surface area (Å²) in [4.78, 5) is 23.4. The van der Waals surface area contributed by atoms with Crippen LogP contribution in [0.1, 0.15) is 0 Å². The maximum atomic E-state index is 10.3. The average molecular weight is 183 g/mol. The van der Waals surface area contributed by atoms with Gasteiger partial charge in [-0.3, -0.25) is 10.1 Å². The lowest BCUT2D eigenvalue weighted by Gasteiger charge is -1.98. The number of carbonyl (C=O) groups is 1. The Labute approximate surface area is 72.3 Å². The van der Waals surface area contributed by atoms with Gasteiger partial charge in [-0.25, -0.2) is 9.78 Å². The monoisotopic (exact) mass is 183 g/mol. The molecule has 0 spiro atoms. The van der Waals surface area contributed by atoms with Gasteiger partial charge in [-0.05, 0) is 6.07 Å². The van der Waals surface area contributed by atoms with Crippen LogP contribution in [0.2, 0.25) is 0 Å². The predicted molar refractivity (Wildman–Crippen MR) is 41.1 cm³/mol. The van der Waals surface area contributed by atoms with Gasteiger partial charge in [0.2, 0.25) is 0 Å². The summed E-state index contributed by atoms with van der Waals surface area (Å²) in [5, 5.41) is 10.3. The quantitative estimate of drug-likeness (QED) is 0.528. The first-order chi connectivity index (χ1) is 6.11. The number of nitrogens with two attached hydrogens (primary N) is 1. The van der Waals surface area contributed by atoms with E-state index in [-0.39, 0.29) is 0 Å². The zero-order valence-electron chi connectivity index (χ0n) is 6.34. The highest BCUT2D eigenvalue weighted by Crippen LogP contribution is 2.22. The molecule has 0 aliphatic rings. The largest absolute Gasteiger partial charge is 0.411 e. The second-order valence-corrected chi connectivity index (χ2v) is 2.01. The minimum absolute atomic E-state index is 0.402. The Morgan fingerprint density at radius 1 is 1.69 bits per heavy atom. The molecule has 1 heterocycles. The van der Waals surface area contributed by atoms with Crippen LogP contribution < -0.4 is 10.5 Å². The zero-order chi connectivity index (χ0) is 9.84. The molecular formula is C6H5N3O4. The molecule has 0 unspecified atom stereocenters. The number of ether oxygens (including phenoxy) is 1. The molecule has 13 heavy (non-hydrogen) atoms. The molecule has 0 atom stereocenters. The number of nitro groups is 1. The molecule has 7 nitrogen and oxygen atoms in total. The third kappa shape index (κ3) is 2.12. The van der Waals surface area contributed by atoms with Crippen LogP contribution in [0, 0.1) is 10.1 Å². The Morgan fingerprint density at radius 2 is 2.38 bits per heavy atom. The molecule has 1 amide bonds. The number of amides is 1. The summed E-state index contributed by atoms with van der Waals surface area (Å²) in [6, 6.07) is 2.51. The minimum atomic E-state index is -1.14. The Kier molecular flexibility index (Phi) is 2.38. The van der Waals surface area contributed by atoms with E-state index in [0.29, 0.717) is 0 Å². The van der Waals surface area contributed by atoms with E-state index in [0.717, 1.165) is 6.07 Å². The number of nitrogens with zero attached hydrogens (tertiary/aromatic N) is 2. The zero-order valence-corrected chi connectivity index (χ0v) is 6.34. The molecule has 0 fully saturated rings. The summed E-state index contributed by atoms with van der Waals surface area (Å²) in [7, 11) is 0. The van der Waals surface area contributed by atoms with Crippen LogP contribution >= 0.6 is 0 Å². The summed E-state index contributed by atoms with van der Waals surface area (Å²) in [6.45, 7) is 0. The molecule has 0 aliphatic heterocycles. The van der Waals surface area contributed by atoms with Crippen molar-refractivity contribution in [2.45, 2.75) is 0 Å². The predicted octanol–water partition coefficient (Wildman–Crippen LogP) is 0.447. The van der Waals surface area contributed by atoms with Crippen LogP contribution in [0.25, 0.3) is 0 Å². The van der Waals surface area contributed by atoms with Crippen LogP contribution in [-0.4, -0.2) is 16.0 Å². The lowest BCUT2D eigenvalue weighted by atomic mass is 10.4. The van der Waals surface area contributed by atoms with Crippen molar-refractivity contribution < 1.29 is 14.5 Å². The van der Waals surface area contributed by atoms with Crippen molar-refractivity contribution in [3.05, 3.63) is 28.4 Å². The summed E-state index contributed by atoms with van der Waals surface area (Å²) >= 11 is 0. The van der Waals surface area contributed by atoms with Crippen molar-refractivity contribution in [2.75, 3.05) is 0 Å². The Balaban J connectivity index is 3.04. The number of hydrogen-bond donors (Lipinski definition) is 1. The number of hydrogen-bond acceptors (Lipinski definition) is 5. The normalized spacial score (nSPS) is 9.23. The van der Waals surface area contributed by atoms with Gasteiger partial charge in [0, 0.05) is 12.3 Å². The minimum Gasteiger partial charge on any atom is -0.384 e. The van der Waals surface area contributed by atoms with E-state index >= 15 is 0 Å². The van der Waals surface area contributed by atoms with E-state index in [1.807, 2.05) is 0 Å². The molecule has 7 heteroatoms. The number of primary amides is 1. The van der Waals surface area contributed by atoms with Crippen LogP contribution in [0.3, 0.4) is 0 Å². The standard InChI is InChI=1S/C6H5N3O4/c7-6(10)13-5-4(9(11)12)2-1-3-8-5/h1-3H,(H2,7,10). The first-order valence-corrected chi connectivity index (χ1v) is 3.18. The van der Waals surface area contributed by atoms with E-state index in [1.54, 1.807) is 0 Å². The van der Waals surface area contributed by atoms with Crippen LogP contribution in [0.5, 0.6) is 5.88 Å². The third-order valence-corrected chi connectivity index (χ3v) is 1.15. The molecule has 0 saturated heterocycles. The maximum Gasteiger partial charge on any atom is 0.411 e. The van der Waals surface area contributed by atoms with Crippen LogP contribution in [0.15, 0.2) is 18.3 Å². The first kappa shape index (κ1) is 8.91. The molecule has 68 valence electrons. The van der Waals surface area contributed by atoms with E-state index in [2.05, 4.69) is 15.5 Å². The molecule has 0 aliphatic carbocycles. The van der Waals surface area contributed by atoms with Gasteiger partial charge in [0.25, 0.3) is 0 Å². The second-order valence-electron chi connectivity index (χ2n) is 2.01. The Morgan fingerprint density at radius 3 is 2.92 bits per heavy atom. The van der Waals surface area contributed by atoms with Crippen molar-refractivity contribution in [3.8, 4) is 5.88 Å². The highest BCUT2D eigenvalue weighted by molar-refractivity contribution is 5.68. The van der Waals surface area contributed by atoms with Gasteiger partial charge in [0.1, 0.15) is 0 Å². The maximum absolute atomic E-state index is 10.3. The molecule has 1 aromatic rings. The van der Waals surface area contributed by atoms with Gasteiger partial charge in [-0.2, -0.15) is 0 Å². The van der Waals surface area contributed by atoms with Crippen LogP contribution in [-0.2, 0) is 0 Å². The van der Waals surface area contributed by atoms with Crippen LogP contribution in [0.4, 0.5) is 10.5 Å². The Bertz CT molecular complexity index is 351. The second kappa shape index (κ2) is 3.48. The van der Waals surface area contributed by atoms with Gasteiger partial charge in [0.15, 0.2) is 0 Å². The van der Waals surface area contributed by atoms with E-state index in [1.165, 1.54) is 12.3 Å². The van der Waals surface area contributed by atoms with E-state index < -0.39 is 22.6 Å². The van der Waals surface area contributed by atoms with Crippen molar-refractivity contribution >= 4 is 11.8 Å². The number of pyridine rings is 1. The van der Waals surface area contributed by atoms with Crippen molar-refractivity contribution in [3.63, 3.8) is 0 Å². The van der Waals surface area contributed by atoms with Gasteiger partial charge in [0.05, 0.1) is 4.92 Å². The van der Waals surface area contributed by atoms with Gasteiger partial charge >= 0.3 is 17.7 Å². The summed E-state index contributed by atoms with van der Waals surface area (Å²) < 4.78 is 4.29. The fourth-order valence-corrected chi connectivity index (χ4v) is 0.695. The van der Waals surface area contributed by atoms with Crippen molar-refractivity contribution in [2.24, 2.45) is 5.73 Å². The molecule has 2 N–H and O–H groups in total. The lowest BCUT2D eigenvalue weighted by molar-refractivity contribution is -0.386. The highest BCUT2D eigenvalue weighted by atomic mass is 16.6. The molecule has 0 saturated carbocycles. The molecule has 1 rings (SSSR count). The molecule has 0 radical (unpaired) electrons. The molecular weight excluding hydrogens is 178 g/mol. The average Bonchev–Trinajstić information content (AvgIpc) is 2.03. The molecule has 1 aromatic heterocycles. The number of carbonyl (C=O) groups excluding carboxylic acids is 1. The van der Waals surface area contributed by atoms with Crippen molar-refractivity contribution in [1.82, 2.24) is 4.98 Å². The van der Waals surface area contributed by atoms with Gasteiger partial charge < -0.3 is 10.5 Å². The number of rotatable bonds is 2. The highest BCUT2D eigenvalue weighted by Gasteiger charge is 2.16. The third-order valence-electron chi connectivity index (χ3n) is 1.15. The summed E-state index contributed by atoms with van der Waals surface area (Å²) in [6.07, 6.45) is 0.118. The summed E-state index contributed by atoms with van der Waals surface area (Å²) in [5.41, 5.74) is 4.27. The Hall–Kier alpha value is -2.18. The van der Waals surface area contributed by atoms with Crippen molar-refractivity contribution in [1.29, 1.82) is 0 Å². The SMILES string of the molecule is NC(=O)Oc1ncccc1[N+](=O)[O-]. The fourth-order valence-electron chi connectivity index (χ4n) is 0.695. The van der Waals surface area contributed by atoms with Gasteiger partial charge in [-0.1, -0.05) is 0 Å². The summed E-state index contributed by atoms with van der Waals surface area (Å²) in [5.74, 6) is -0.403. The van der Waals surface area contributed by atoms with Gasteiger partial charge in [-0.15, -0.1) is 0 Å². The first-order valence-electron chi connectivity index (χ1n) is 3.18. The number of aromatic nitrogens is 1.